The number of hydrogen-bond acceptors (Lipinski definition) is 4. The molecular weight excluding hydrogens is 308 g/mol. The minimum absolute atomic E-state index is 0.0208. The number of amides is 1. The molecule has 4 unspecified atom stereocenters. The Bertz CT molecular complexity index is 441. The van der Waals surface area contributed by atoms with Crippen molar-refractivity contribution in [2.45, 2.75) is 13.3 Å². The highest BCUT2D eigenvalue weighted by molar-refractivity contribution is 8.60. The molecule has 0 aromatic carbocycles. The van der Waals surface area contributed by atoms with Crippen molar-refractivity contribution < 1.29 is 9.53 Å². The number of carbonyl (C=O) groups is 1. The molecule has 1 aliphatic rings. The van der Waals surface area contributed by atoms with Gasteiger partial charge in [-0.15, -0.1) is 8.93 Å². The van der Waals surface area contributed by atoms with Crippen LogP contribution in [0.15, 0.2) is 0 Å². The van der Waals surface area contributed by atoms with Crippen LogP contribution in [0, 0.1) is 0 Å². The Labute approximate surface area is 113 Å². The van der Waals surface area contributed by atoms with Crippen molar-refractivity contribution in [3.05, 3.63) is 5.69 Å². The largest absolute Gasteiger partial charge is 0.473 e. The van der Waals surface area contributed by atoms with Gasteiger partial charge in [-0.05, 0) is 14.4 Å². The first-order valence-corrected chi connectivity index (χ1v) is 12.1. The van der Waals surface area contributed by atoms with Gasteiger partial charge in [-0.3, -0.25) is 4.79 Å². The molecule has 2 heterocycles. The first-order valence-electron chi connectivity index (χ1n) is 5.58. The van der Waals surface area contributed by atoms with E-state index in [1.807, 2.05) is 4.90 Å². The number of nitrogens with zero attached hydrogens (tertiary/aromatic N) is 4. The van der Waals surface area contributed by atoms with E-state index in [9.17, 15) is 4.79 Å². The van der Waals surface area contributed by atoms with Crippen LogP contribution in [0.5, 0.6) is 5.88 Å². The summed E-state index contributed by atoms with van der Waals surface area (Å²) in [5.74, 6) is 0.351. The highest BCUT2D eigenvalue weighted by atomic mass is 32.6. The van der Waals surface area contributed by atoms with Gasteiger partial charge in [0.1, 0.15) is 6.61 Å². The van der Waals surface area contributed by atoms with Crippen LogP contribution in [0.25, 0.3) is 0 Å². The standard InChI is InChI=1S/C8H16N4O2P4/c1-2-3-11-4-5-14-7-6(8(11)13)12(10-9-7)18(16)17-15/h17H,2-5,15-16H2,1H3. The van der Waals surface area contributed by atoms with Crippen molar-refractivity contribution in [2.24, 2.45) is 0 Å². The zero-order valence-electron chi connectivity index (χ0n) is 10.0. The maximum Gasteiger partial charge on any atom is 0.278 e. The third-order valence-electron chi connectivity index (χ3n) is 2.54. The lowest BCUT2D eigenvalue weighted by atomic mass is 10.3. The molecule has 1 aromatic rings. The molecule has 0 fully saturated rings. The molecule has 0 N–H and O–H groups in total. The second kappa shape index (κ2) is 6.53. The number of aromatic nitrogens is 3. The molecule has 0 saturated heterocycles. The van der Waals surface area contributed by atoms with Gasteiger partial charge in [-0.2, -0.15) is 0 Å². The molecule has 10 heteroatoms. The zero-order chi connectivity index (χ0) is 13.1. The third-order valence-corrected chi connectivity index (χ3v) is 11.9. The second-order valence-corrected chi connectivity index (χ2v) is 12.6. The minimum Gasteiger partial charge on any atom is -0.473 e. The summed E-state index contributed by atoms with van der Waals surface area (Å²) in [4.78, 5) is 14.3. The summed E-state index contributed by atoms with van der Waals surface area (Å²) in [6.07, 6.45) is 0.934. The van der Waals surface area contributed by atoms with Gasteiger partial charge in [0.05, 0.1) is 14.0 Å². The SMILES string of the molecule is CCCN1CCOc2nnn(P(P)PP)c2C1=O. The van der Waals surface area contributed by atoms with Crippen molar-refractivity contribution in [1.82, 2.24) is 19.7 Å². The van der Waals surface area contributed by atoms with Gasteiger partial charge in [-0.1, -0.05) is 26.2 Å². The number of fused-ring (bicyclic) bond motifs is 1. The summed E-state index contributed by atoms with van der Waals surface area (Å²) in [6, 6.07) is 0. The van der Waals surface area contributed by atoms with E-state index in [1.54, 1.807) is 4.45 Å². The lowest BCUT2D eigenvalue weighted by molar-refractivity contribution is 0.0748. The van der Waals surface area contributed by atoms with Crippen LogP contribution in [0.1, 0.15) is 23.8 Å². The number of carbonyl (C=O) groups excluding carboxylic acids is 1. The Morgan fingerprint density at radius 2 is 2.39 bits per heavy atom. The van der Waals surface area contributed by atoms with Gasteiger partial charge < -0.3 is 9.64 Å². The Kier molecular flexibility index (Phi) is 5.27. The van der Waals surface area contributed by atoms with Crippen LogP contribution in [-0.4, -0.2) is 45.3 Å². The fourth-order valence-electron chi connectivity index (χ4n) is 1.73. The molecule has 0 spiro atoms. The molecular formula is C8H16N4O2P4. The molecule has 18 heavy (non-hydrogen) atoms. The van der Waals surface area contributed by atoms with E-state index in [0.717, 1.165) is 13.0 Å². The van der Waals surface area contributed by atoms with Crippen LogP contribution < -0.4 is 4.74 Å². The molecule has 1 amide bonds. The summed E-state index contributed by atoms with van der Waals surface area (Å²) in [5, 5.41) is 8.02. The van der Waals surface area contributed by atoms with Gasteiger partial charge in [0.2, 0.25) is 0 Å². The average molecular weight is 324 g/mol. The van der Waals surface area contributed by atoms with E-state index < -0.39 is 7.45 Å². The van der Waals surface area contributed by atoms with Crippen molar-refractivity contribution >= 4 is 39.2 Å². The van der Waals surface area contributed by atoms with Crippen LogP contribution >= 0.6 is 33.3 Å². The fraction of sp³-hybridized carbons (Fsp3) is 0.625. The van der Waals surface area contributed by atoms with Crippen molar-refractivity contribution in [2.75, 3.05) is 19.7 Å². The minimum atomic E-state index is -0.595. The lowest BCUT2D eigenvalue weighted by Crippen LogP contribution is -2.34. The van der Waals surface area contributed by atoms with Gasteiger partial charge in [-0.25, -0.2) is 4.45 Å². The Morgan fingerprint density at radius 1 is 1.61 bits per heavy atom. The van der Waals surface area contributed by atoms with E-state index in [0.29, 0.717) is 32.7 Å². The molecule has 0 bridgehead atoms. The summed E-state index contributed by atoms with van der Waals surface area (Å²) in [6.45, 7) is 3.89. The zero-order valence-corrected chi connectivity index (χ0v) is 14.2. The van der Waals surface area contributed by atoms with Crippen LogP contribution in [0.2, 0.25) is 0 Å². The molecule has 1 aromatic heterocycles. The predicted molar refractivity (Wildman–Crippen MR) is 81.8 cm³/mol. The molecule has 4 atom stereocenters. The highest BCUT2D eigenvalue weighted by Gasteiger charge is 2.30. The highest BCUT2D eigenvalue weighted by Crippen LogP contribution is 2.66. The van der Waals surface area contributed by atoms with Gasteiger partial charge in [0.15, 0.2) is 5.69 Å². The van der Waals surface area contributed by atoms with E-state index in [1.165, 1.54) is 0 Å². The first-order chi connectivity index (χ1) is 8.69. The monoisotopic (exact) mass is 324 g/mol. The molecule has 0 radical (unpaired) electrons. The van der Waals surface area contributed by atoms with E-state index in [4.69, 9.17) is 4.74 Å². The second-order valence-electron chi connectivity index (χ2n) is 3.75. The maximum atomic E-state index is 12.5. The van der Waals surface area contributed by atoms with Crippen molar-refractivity contribution in [3.8, 4) is 5.88 Å². The van der Waals surface area contributed by atoms with Gasteiger partial charge in [0.25, 0.3) is 11.8 Å². The molecule has 2 rings (SSSR count). The summed E-state index contributed by atoms with van der Waals surface area (Å²) in [5.41, 5.74) is 0.497. The number of rotatable bonds is 4. The third kappa shape index (κ3) is 2.83. The fourth-order valence-corrected chi connectivity index (χ4v) is 4.57. The lowest BCUT2D eigenvalue weighted by Gasteiger charge is -2.19. The Hall–Kier alpha value is 0.130. The first kappa shape index (κ1) is 14.5. The van der Waals surface area contributed by atoms with Gasteiger partial charge in [0, 0.05) is 6.54 Å². The van der Waals surface area contributed by atoms with Crippen LogP contribution in [-0.2, 0) is 0 Å². The topological polar surface area (TPSA) is 60.2 Å². The van der Waals surface area contributed by atoms with Crippen molar-refractivity contribution in [3.63, 3.8) is 0 Å². The molecule has 0 saturated carbocycles. The molecule has 100 valence electrons. The summed E-state index contributed by atoms with van der Waals surface area (Å²) < 4.78 is 7.22. The van der Waals surface area contributed by atoms with Gasteiger partial charge >= 0.3 is 0 Å². The number of hydrogen-bond donors (Lipinski definition) is 0. The maximum absolute atomic E-state index is 12.5. The summed E-state index contributed by atoms with van der Waals surface area (Å²) in [7, 11) is 5.43. The Morgan fingerprint density at radius 3 is 3.06 bits per heavy atom. The van der Waals surface area contributed by atoms with E-state index in [2.05, 4.69) is 35.1 Å². The Balaban J connectivity index is 2.36. The quantitative estimate of drug-likeness (QED) is 0.794. The average Bonchev–Trinajstić information content (AvgIpc) is 2.73. The molecule has 0 aliphatic carbocycles. The predicted octanol–water partition coefficient (Wildman–Crippen LogP) is 1.94. The smallest absolute Gasteiger partial charge is 0.278 e. The normalized spacial score (nSPS) is 17.7. The van der Waals surface area contributed by atoms with E-state index >= 15 is 0 Å². The molecule has 6 nitrogen and oxygen atoms in total. The summed E-state index contributed by atoms with van der Waals surface area (Å²) >= 11 is 0. The van der Waals surface area contributed by atoms with E-state index in [-0.39, 0.29) is 5.91 Å². The van der Waals surface area contributed by atoms with Crippen molar-refractivity contribution in [1.29, 1.82) is 0 Å². The van der Waals surface area contributed by atoms with Crippen LogP contribution in [0.3, 0.4) is 0 Å². The number of ether oxygens (including phenoxy) is 1. The molecule has 1 aliphatic heterocycles. The van der Waals surface area contributed by atoms with Crippen LogP contribution in [0.4, 0.5) is 0 Å².